The number of aromatic carboxylic acids is 1. The summed E-state index contributed by atoms with van der Waals surface area (Å²) in [5.41, 5.74) is 0.552. The van der Waals surface area contributed by atoms with Gasteiger partial charge in [-0.1, -0.05) is 20.8 Å². The first-order chi connectivity index (χ1) is 8.99. The number of carbonyl (C=O) groups is 1. The van der Waals surface area contributed by atoms with Crippen molar-refractivity contribution in [2.24, 2.45) is 0 Å². The summed E-state index contributed by atoms with van der Waals surface area (Å²) in [5.74, 6) is 0.564. The van der Waals surface area contributed by atoms with Crippen LogP contribution in [0.3, 0.4) is 0 Å². The molecule has 2 N–H and O–H groups in total. The van der Waals surface area contributed by atoms with E-state index in [1.54, 1.807) is 18.0 Å². The molecule has 1 atom stereocenters. The van der Waals surface area contributed by atoms with Crippen LogP contribution >= 0.6 is 11.8 Å². The molecule has 0 aromatic carbocycles. The van der Waals surface area contributed by atoms with Crippen LogP contribution in [0.25, 0.3) is 0 Å². The molecule has 1 unspecified atom stereocenters. The smallest absolute Gasteiger partial charge is 0.356 e. The number of hydrogen-bond acceptors (Lipinski definition) is 5. The third-order valence-electron chi connectivity index (χ3n) is 2.75. The summed E-state index contributed by atoms with van der Waals surface area (Å²) >= 11 is 1.73. The Labute approximate surface area is 118 Å². The third kappa shape index (κ3) is 4.38. The first-order valence-corrected chi connectivity index (χ1v) is 7.74. The lowest BCUT2D eigenvalue weighted by Gasteiger charge is -2.18. The molecule has 106 valence electrons. The van der Waals surface area contributed by atoms with E-state index < -0.39 is 5.97 Å². The molecule has 5 nitrogen and oxygen atoms in total. The molecule has 0 aliphatic rings. The molecule has 0 saturated carbocycles. The first-order valence-electron chi connectivity index (χ1n) is 6.35. The number of carboxylic acid groups (broad SMARTS) is 1. The van der Waals surface area contributed by atoms with Crippen LogP contribution in [0.2, 0.25) is 0 Å². The Hall–Kier alpha value is -1.30. The van der Waals surface area contributed by atoms with Gasteiger partial charge in [-0.15, -0.1) is 0 Å². The minimum Gasteiger partial charge on any atom is -0.476 e. The molecule has 1 heterocycles. The van der Waals surface area contributed by atoms with Crippen molar-refractivity contribution in [2.75, 3.05) is 17.3 Å². The zero-order valence-electron chi connectivity index (χ0n) is 11.8. The fourth-order valence-electron chi connectivity index (χ4n) is 1.62. The first kappa shape index (κ1) is 15.8. The standard InChI is InChI=1S/C13H21N3O2S/c1-5-9(7-19-4)15-10-6-14-12(8(2)3)16-11(10)13(17)18/h6,8-9,15H,5,7H2,1-4H3,(H,17,18). The molecule has 1 aromatic heterocycles. The fraction of sp³-hybridized carbons (Fsp3) is 0.615. The van der Waals surface area contributed by atoms with Gasteiger partial charge in [0.25, 0.3) is 0 Å². The van der Waals surface area contributed by atoms with Gasteiger partial charge in [0.1, 0.15) is 5.82 Å². The minimum atomic E-state index is -1.02. The minimum absolute atomic E-state index is 0.0539. The van der Waals surface area contributed by atoms with Crippen LogP contribution in [0.1, 0.15) is 49.4 Å². The predicted octanol–water partition coefficient (Wildman–Crippen LogP) is 2.85. The maximum absolute atomic E-state index is 11.3. The van der Waals surface area contributed by atoms with Gasteiger partial charge in [-0.2, -0.15) is 11.8 Å². The highest BCUT2D eigenvalue weighted by molar-refractivity contribution is 7.98. The Kier molecular flexibility index (Phi) is 6.08. The molecule has 0 bridgehead atoms. The number of rotatable bonds is 7. The van der Waals surface area contributed by atoms with Crippen molar-refractivity contribution in [2.45, 2.75) is 39.2 Å². The molecule has 0 aliphatic heterocycles. The Morgan fingerprint density at radius 3 is 2.68 bits per heavy atom. The monoisotopic (exact) mass is 283 g/mol. The summed E-state index contributed by atoms with van der Waals surface area (Å²) < 4.78 is 0. The van der Waals surface area contributed by atoms with Gasteiger partial charge in [0.2, 0.25) is 0 Å². The fourth-order valence-corrected chi connectivity index (χ4v) is 2.35. The normalized spacial score (nSPS) is 12.5. The zero-order valence-corrected chi connectivity index (χ0v) is 12.6. The summed E-state index contributed by atoms with van der Waals surface area (Å²) in [6, 6.07) is 0.224. The van der Waals surface area contributed by atoms with Crippen LogP contribution < -0.4 is 5.32 Å². The van der Waals surface area contributed by atoms with E-state index in [1.807, 2.05) is 20.1 Å². The van der Waals surface area contributed by atoms with Crippen molar-refractivity contribution in [1.29, 1.82) is 0 Å². The van der Waals surface area contributed by atoms with E-state index in [0.717, 1.165) is 12.2 Å². The second-order valence-electron chi connectivity index (χ2n) is 4.66. The topological polar surface area (TPSA) is 75.1 Å². The predicted molar refractivity (Wildman–Crippen MR) is 79.2 cm³/mol. The Bertz CT molecular complexity index is 438. The third-order valence-corrected chi connectivity index (χ3v) is 3.48. The molecule has 0 aliphatic carbocycles. The second kappa shape index (κ2) is 7.33. The highest BCUT2D eigenvalue weighted by atomic mass is 32.2. The number of anilines is 1. The Morgan fingerprint density at radius 2 is 2.21 bits per heavy atom. The molecule has 6 heteroatoms. The lowest BCUT2D eigenvalue weighted by molar-refractivity contribution is 0.0691. The van der Waals surface area contributed by atoms with Crippen molar-refractivity contribution < 1.29 is 9.90 Å². The van der Waals surface area contributed by atoms with E-state index in [9.17, 15) is 9.90 Å². The molecule has 0 radical (unpaired) electrons. The molecule has 19 heavy (non-hydrogen) atoms. The van der Waals surface area contributed by atoms with Crippen molar-refractivity contribution in [3.63, 3.8) is 0 Å². The molecule has 0 saturated heterocycles. The zero-order chi connectivity index (χ0) is 14.4. The van der Waals surface area contributed by atoms with Gasteiger partial charge >= 0.3 is 5.97 Å². The van der Waals surface area contributed by atoms with Crippen molar-refractivity contribution in [3.05, 3.63) is 17.7 Å². The van der Waals surface area contributed by atoms with Gasteiger partial charge in [0.15, 0.2) is 5.69 Å². The lowest BCUT2D eigenvalue weighted by atomic mass is 10.2. The van der Waals surface area contributed by atoms with E-state index in [0.29, 0.717) is 11.5 Å². The van der Waals surface area contributed by atoms with Gasteiger partial charge in [-0.05, 0) is 12.7 Å². The number of aromatic nitrogens is 2. The van der Waals surface area contributed by atoms with Gasteiger partial charge in [-0.3, -0.25) is 0 Å². The SMILES string of the molecule is CCC(CSC)Nc1cnc(C(C)C)nc1C(=O)O. The van der Waals surface area contributed by atoms with Gasteiger partial charge in [0.05, 0.1) is 11.9 Å². The molecule has 0 fully saturated rings. The number of hydrogen-bond donors (Lipinski definition) is 2. The summed E-state index contributed by atoms with van der Waals surface area (Å²) in [6.45, 7) is 5.95. The molecular formula is C13H21N3O2S. The van der Waals surface area contributed by atoms with E-state index in [2.05, 4.69) is 22.2 Å². The highest BCUT2D eigenvalue weighted by Crippen LogP contribution is 2.18. The molecular weight excluding hydrogens is 262 g/mol. The molecule has 1 aromatic rings. The van der Waals surface area contributed by atoms with Gasteiger partial charge in [0, 0.05) is 17.7 Å². The summed E-state index contributed by atoms with van der Waals surface area (Å²) in [6.07, 6.45) is 4.53. The quantitative estimate of drug-likeness (QED) is 0.801. The highest BCUT2D eigenvalue weighted by Gasteiger charge is 2.17. The number of nitrogens with zero attached hydrogens (tertiary/aromatic N) is 2. The number of nitrogens with one attached hydrogen (secondary N) is 1. The van der Waals surface area contributed by atoms with Crippen LogP contribution in [0.15, 0.2) is 6.20 Å². The Morgan fingerprint density at radius 1 is 1.53 bits per heavy atom. The lowest BCUT2D eigenvalue weighted by Crippen LogP contribution is -2.23. The number of thioether (sulfide) groups is 1. The van der Waals surface area contributed by atoms with Gasteiger partial charge < -0.3 is 10.4 Å². The van der Waals surface area contributed by atoms with Crippen LogP contribution in [-0.4, -0.2) is 39.1 Å². The second-order valence-corrected chi connectivity index (χ2v) is 5.57. The van der Waals surface area contributed by atoms with Crippen LogP contribution in [0, 0.1) is 0 Å². The summed E-state index contributed by atoms with van der Waals surface area (Å²) in [5, 5.41) is 12.5. The van der Waals surface area contributed by atoms with Crippen LogP contribution in [0.4, 0.5) is 5.69 Å². The maximum Gasteiger partial charge on any atom is 0.356 e. The molecule has 0 spiro atoms. The Balaban J connectivity index is 3.02. The molecule has 0 amide bonds. The van der Waals surface area contributed by atoms with E-state index in [4.69, 9.17) is 0 Å². The van der Waals surface area contributed by atoms with E-state index in [-0.39, 0.29) is 17.7 Å². The van der Waals surface area contributed by atoms with Crippen LogP contribution in [-0.2, 0) is 0 Å². The summed E-state index contributed by atoms with van der Waals surface area (Å²) in [7, 11) is 0. The average Bonchev–Trinajstić information content (AvgIpc) is 2.37. The van der Waals surface area contributed by atoms with Crippen LogP contribution in [0.5, 0.6) is 0 Å². The summed E-state index contributed by atoms with van der Waals surface area (Å²) in [4.78, 5) is 19.7. The molecule has 1 rings (SSSR count). The van der Waals surface area contributed by atoms with Crippen molar-refractivity contribution in [3.8, 4) is 0 Å². The number of carboxylic acids is 1. The van der Waals surface area contributed by atoms with E-state index in [1.165, 1.54) is 0 Å². The van der Waals surface area contributed by atoms with E-state index >= 15 is 0 Å². The van der Waals surface area contributed by atoms with Crippen molar-refractivity contribution >= 4 is 23.4 Å². The van der Waals surface area contributed by atoms with Crippen molar-refractivity contribution in [1.82, 2.24) is 9.97 Å². The largest absolute Gasteiger partial charge is 0.476 e. The average molecular weight is 283 g/mol. The van der Waals surface area contributed by atoms with Gasteiger partial charge in [-0.25, -0.2) is 14.8 Å². The maximum atomic E-state index is 11.3.